The van der Waals surface area contributed by atoms with Crippen LogP contribution in [0.15, 0.2) is 40.9 Å². The van der Waals surface area contributed by atoms with Crippen molar-refractivity contribution in [3.8, 4) is 5.75 Å². The number of amides is 1. The fraction of sp³-hybridized carbons (Fsp3) is 0.316. The number of thioether (sulfide) groups is 2. The third-order valence-electron chi connectivity index (χ3n) is 3.82. The van der Waals surface area contributed by atoms with Crippen molar-refractivity contribution < 1.29 is 9.53 Å². The molecule has 7 heteroatoms. The summed E-state index contributed by atoms with van der Waals surface area (Å²) < 4.78 is 6.81. The molecule has 0 aromatic heterocycles. The van der Waals surface area contributed by atoms with Gasteiger partial charge < -0.3 is 10.1 Å². The maximum absolute atomic E-state index is 12.6. The molecule has 0 bridgehead atoms. The Kier molecular flexibility index (Phi) is 7.20. The monoisotopic (exact) mass is 471 g/mol. The summed E-state index contributed by atoms with van der Waals surface area (Å²) in [7, 11) is 0. The van der Waals surface area contributed by atoms with Crippen molar-refractivity contribution in [1.82, 2.24) is 0 Å². The Morgan fingerprint density at radius 2 is 1.96 bits per heavy atom. The first kappa shape index (κ1) is 19.9. The van der Waals surface area contributed by atoms with Crippen LogP contribution in [0.25, 0.3) is 0 Å². The number of hydrogen-bond donors (Lipinski definition) is 1. The molecule has 3 nitrogen and oxygen atoms in total. The Morgan fingerprint density at radius 1 is 1.27 bits per heavy atom. The summed E-state index contributed by atoms with van der Waals surface area (Å²) in [6.45, 7) is 2.39. The van der Waals surface area contributed by atoms with Crippen LogP contribution in [0.5, 0.6) is 5.75 Å². The van der Waals surface area contributed by atoms with Crippen LogP contribution in [0.2, 0.25) is 5.02 Å². The van der Waals surface area contributed by atoms with Crippen LogP contribution in [0.3, 0.4) is 0 Å². The lowest BCUT2D eigenvalue weighted by atomic mass is 10.1. The molecule has 1 aliphatic heterocycles. The molecule has 1 fully saturated rings. The van der Waals surface area contributed by atoms with Crippen molar-refractivity contribution in [2.45, 2.75) is 17.9 Å². The fourth-order valence-corrected chi connectivity index (χ4v) is 6.43. The SMILES string of the molecule is CCOc1c(Br)cc(Cl)cc1NC(=O)c1ccc(C2SCCCS2)cc1. The largest absolute Gasteiger partial charge is 0.491 e. The maximum atomic E-state index is 12.6. The van der Waals surface area contributed by atoms with Gasteiger partial charge in [0.1, 0.15) is 0 Å². The first-order chi connectivity index (χ1) is 12.6. The molecule has 0 radical (unpaired) electrons. The van der Waals surface area contributed by atoms with Gasteiger partial charge in [0.05, 0.1) is 21.3 Å². The molecule has 0 atom stereocenters. The van der Waals surface area contributed by atoms with Gasteiger partial charge in [-0.2, -0.15) is 0 Å². The average molecular weight is 473 g/mol. The molecule has 1 saturated heterocycles. The number of benzene rings is 2. The average Bonchev–Trinajstić information content (AvgIpc) is 2.65. The molecular formula is C19H19BrClNO2S2. The van der Waals surface area contributed by atoms with Crippen LogP contribution >= 0.6 is 51.1 Å². The van der Waals surface area contributed by atoms with Crippen LogP contribution in [-0.2, 0) is 0 Å². The third kappa shape index (κ3) is 4.91. The molecule has 2 aromatic carbocycles. The number of rotatable bonds is 5. The van der Waals surface area contributed by atoms with E-state index in [-0.39, 0.29) is 5.91 Å². The van der Waals surface area contributed by atoms with Gasteiger partial charge in [0, 0.05) is 10.6 Å². The van der Waals surface area contributed by atoms with E-state index in [0.717, 1.165) is 0 Å². The normalized spacial score (nSPS) is 14.9. The molecule has 26 heavy (non-hydrogen) atoms. The van der Waals surface area contributed by atoms with Gasteiger partial charge in [0.25, 0.3) is 5.91 Å². The van der Waals surface area contributed by atoms with Gasteiger partial charge in [-0.15, -0.1) is 23.5 Å². The van der Waals surface area contributed by atoms with Crippen molar-refractivity contribution in [3.05, 3.63) is 57.0 Å². The summed E-state index contributed by atoms with van der Waals surface area (Å²) in [6.07, 6.45) is 1.27. The minimum absolute atomic E-state index is 0.185. The second kappa shape index (κ2) is 9.40. The standard InChI is InChI=1S/C19H19BrClNO2S2/c1-2-24-17-15(20)10-14(21)11-16(17)22-18(23)12-4-6-13(7-5-12)19-25-8-3-9-26-19/h4-7,10-11,19H,2-3,8-9H2,1H3,(H,22,23). The highest BCUT2D eigenvalue weighted by atomic mass is 79.9. The van der Waals surface area contributed by atoms with E-state index >= 15 is 0 Å². The van der Waals surface area contributed by atoms with Crippen molar-refractivity contribution in [2.24, 2.45) is 0 Å². The van der Waals surface area contributed by atoms with Crippen molar-refractivity contribution in [2.75, 3.05) is 23.4 Å². The van der Waals surface area contributed by atoms with Gasteiger partial charge in [0.15, 0.2) is 5.75 Å². The van der Waals surface area contributed by atoms with Crippen molar-refractivity contribution in [1.29, 1.82) is 0 Å². The van der Waals surface area contributed by atoms with Gasteiger partial charge in [-0.3, -0.25) is 4.79 Å². The Balaban J connectivity index is 1.76. The predicted octanol–water partition coefficient (Wildman–Crippen LogP) is 6.62. The molecule has 1 aliphatic rings. The first-order valence-corrected chi connectivity index (χ1v) is 11.6. The Labute approximate surface area is 175 Å². The van der Waals surface area contributed by atoms with Crippen LogP contribution in [0, 0.1) is 0 Å². The van der Waals surface area contributed by atoms with Crippen molar-refractivity contribution in [3.63, 3.8) is 0 Å². The summed E-state index contributed by atoms with van der Waals surface area (Å²) in [6, 6.07) is 11.3. The molecule has 0 saturated carbocycles. The number of nitrogens with one attached hydrogen (secondary N) is 1. The molecule has 1 heterocycles. The van der Waals surface area contributed by atoms with E-state index in [2.05, 4.69) is 21.2 Å². The van der Waals surface area contributed by atoms with Gasteiger partial charge in [-0.25, -0.2) is 0 Å². The summed E-state index contributed by atoms with van der Waals surface area (Å²) in [5.41, 5.74) is 2.42. The smallest absolute Gasteiger partial charge is 0.255 e. The van der Waals surface area contributed by atoms with E-state index in [4.69, 9.17) is 16.3 Å². The van der Waals surface area contributed by atoms with Gasteiger partial charge >= 0.3 is 0 Å². The van der Waals surface area contributed by atoms with Crippen LogP contribution < -0.4 is 10.1 Å². The van der Waals surface area contributed by atoms with E-state index in [9.17, 15) is 4.79 Å². The van der Waals surface area contributed by atoms with Crippen LogP contribution in [0.4, 0.5) is 5.69 Å². The van der Waals surface area contributed by atoms with Crippen molar-refractivity contribution >= 4 is 62.6 Å². The number of carbonyl (C=O) groups is 1. The molecule has 0 spiro atoms. The zero-order valence-corrected chi connectivity index (χ0v) is 18.2. The Hall–Kier alpha value is -0.820. The molecule has 138 valence electrons. The first-order valence-electron chi connectivity index (χ1n) is 8.35. The second-order valence-electron chi connectivity index (χ2n) is 5.70. The zero-order valence-electron chi connectivity index (χ0n) is 14.3. The molecule has 1 N–H and O–H groups in total. The summed E-state index contributed by atoms with van der Waals surface area (Å²) >= 11 is 13.5. The molecular weight excluding hydrogens is 454 g/mol. The van der Waals surface area contributed by atoms with Gasteiger partial charge in [-0.1, -0.05) is 23.7 Å². The van der Waals surface area contributed by atoms with E-state index in [1.165, 1.54) is 23.5 Å². The zero-order chi connectivity index (χ0) is 18.5. The number of halogens is 2. The summed E-state index contributed by atoms with van der Waals surface area (Å²) in [5, 5.41) is 3.43. The second-order valence-corrected chi connectivity index (χ2v) is 9.72. The highest BCUT2D eigenvalue weighted by Crippen LogP contribution is 2.43. The lowest BCUT2D eigenvalue weighted by Crippen LogP contribution is -2.13. The number of hydrogen-bond acceptors (Lipinski definition) is 4. The minimum atomic E-state index is -0.185. The maximum Gasteiger partial charge on any atom is 0.255 e. The minimum Gasteiger partial charge on any atom is -0.491 e. The highest BCUT2D eigenvalue weighted by molar-refractivity contribution is 9.10. The number of anilines is 1. The van der Waals surface area contributed by atoms with Crippen LogP contribution in [0.1, 0.15) is 33.8 Å². The Bertz CT molecular complexity index is 780. The summed E-state index contributed by atoms with van der Waals surface area (Å²) in [5.74, 6) is 2.79. The molecule has 3 rings (SSSR count). The molecule has 2 aromatic rings. The lowest BCUT2D eigenvalue weighted by Gasteiger charge is -2.21. The highest BCUT2D eigenvalue weighted by Gasteiger charge is 2.18. The van der Waals surface area contributed by atoms with Gasteiger partial charge in [-0.05, 0) is 70.6 Å². The molecule has 1 amide bonds. The molecule has 0 unspecified atom stereocenters. The lowest BCUT2D eigenvalue weighted by molar-refractivity contribution is 0.102. The fourth-order valence-electron chi connectivity index (χ4n) is 2.61. The topological polar surface area (TPSA) is 38.3 Å². The molecule has 0 aliphatic carbocycles. The van der Waals surface area contributed by atoms with Crippen LogP contribution in [-0.4, -0.2) is 24.0 Å². The third-order valence-corrected chi connectivity index (χ3v) is 7.64. The van der Waals surface area contributed by atoms with E-state index in [0.29, 0.717) is 37.7 Å². The number of carbonyl (C=O) groups excluding carboxylic acids is 1. The Morgan fingerprint density at radius 3 is 2.62 bits per heavy atom. The van der Waals surface area contributed by atoms with Gasteiger partial charge in [0.2, 0.25) is 0 Å². The van der Waals surface area contributed by atoms with E-state index in [1.54, 1.807) is 12.1 Å². The summed E-state index contributed by atoms with van der Waals surface area (Å²) in [4.78, 5) is 12.6. The van der Waals surface area contributed by atoms with E-state index in [1.807, 2.05) is 54.7 Å². The quantitative estimate of drug-likeness (QED) is 0.530. The van der Waals surface area contributed by atoms with E-state index < -0.39 is 0 Å². The predicted molar refractivity (Wildman–Crippen MR) is 117 cm³/mol. The number of ether oxygens (including phenoxy) is 1.